The van der Waals surface area contributed by atoms with E-state index in [1.165, 1.54) is 13.2 Å². The molecule has 0 aliphatic heterocycles. The zero-order valence-electron chi connectivity index (χ0n) is 16.0. The number of nitrogens with one attached hydrogen (secondary N) is 1. The van der Waals surface area contributed by atoms with Gasteiger partial charge >= 0.3 is 0 Å². The van der Waals surface area contributed by atoms with Crippen LogP contribution in [-0.2, 0) is 11.3 Å². The molecule has 0 aromatic heterocycles. The van der Waals surface area contributed by atoms with E-state index in [4.69, 9.17) is 14.2 Å². The van der Waals surface area contributed by atoms with Gasteiger partial charge in [0.15, 0.2) is 11.5 Å². The number of benzene rings is 2. The van der Waals surface area contributed by atoms with Crippen LogP contribution in [0.2, 0.25) is 0 Å². The standard InChI is InChI=1S/C21H22N2O5/c1-4-28-18-7-5-6-14(20(18)24)10-16(12-22)21(25)23-13-15-8-9-17(26-2)11-19(15)27-3/h5-11,24H,4,13H2,1-3H3,(H,23,25)/b16-10+. The van der Waals surface area contributed by atoms with Crippen LogP contribution in [0.1, 0.15) is 18.1 Å². The van der Waals surface area contributed by atoms with Crippen molar-refractivity contribution in [3.63, 3.8) is 0 Å². The Kier molecular flexibility index (Phi) is 7.28. The highest BCUT2D eigenvalue weighted by Crippen LogP contribution is 2.31. The van der Waals surface area contributed by atoms with E-state index < -0.39 is 5.91 Å². The molecule has 0 saturated heterocycles. The van der Waals surface area contributed by atoms with Crippen molar-refractivity contribution in [1.82, 2.24) is 5.32 Å². The molecule has 0 aliphatic rings. The Balaban J connectivity index is 2.18. The van der Waals surface area contributed by atoms with Crippen LogP contribution in [0.5, 0.6) is 23.0 Å². The molecule has 0 heterocycles. The maximum atomic E-state index is 12.4. The van der Waals surface area contributed by atoms with Crippen molar-refractivity contribution < 1.29 is 24.1 Å². The maximum absolute atomic E-state index is 12.4. The lowest BCUT2D eigenvalue weighted by atomic mass is 10.1. The average Bonchev–Trinajstić information content (AvgIpc) is 2.72. The Hall–Kier alpha value is -3.66. The number of aromatic hydroxyl groups is 1. The molecule has 0 saturated carbocycles. The van der Waals surface area contributed by atoms with E-state index in [0.717, 1.165) is 5.56 Å². The topological polar surface area (TPSA) is 101 Å². The first-order chi connectivity index (χ1) is 13.5. The Morgan fingerprint density at radius 3 is 2.64 bits per heavy atom. The Bertz CT molecular complexity index is 915. The second kappa shape index (κ2) is 9.88. The number of carbonyl (C=O) groups excluding carboxylic acids is 1. The summed E-state index contributed by atoms with van der Waals surface area (Å²) in [6, 6.07) is 12.0. The predicted octanol–water partition coefficient (Wildman–Crippen LogP) is 3.03. The third kappa shape index (κ3) is 4.95. The van der Waals surface area contributed by atoms with Gasteiger partial charge in [0, 0.05) is 23.7 Å². The van der Waals surface area contributed by atoms with Gasteiger partial charge in [-0.3, -0.25) is 4.79 Å². The number of rotatable bonds is 8. The lowest BCUT2D eigenvalue weighted by molar-refractivity contribution is -0.117. The molecule has 7 nitrogen and oxygen atoms in total. The molecule has 0 aliphatic carbocycles. The minimum absolute atomic E-state index is 0.123. The van der Waals surface area contributed by atoms with E-state index in [2.05, 4.69) is 5.32 Å². The summed E-state index contributed by atoms with van der Waals surface area (Å²) in [5.74, 6) is 0.790. The van der Waals surface area contributed by atoms with Gasteiger partial charge in [0.25, 0.3) is 5.91 Å². The molecule has 2 aromatic carbocycles. The van der Waals surface area contributed by atoms with Gasteiger partial charge in [-0.25, -0.2) is 0 Å². The number of hydrogen-bond acceptors (Lipinski definition) is 6. The van der Waals surface area contributed by atoms with Crippen molar-refractivity contribution in [3.8, 4) is 29.1 Å². The first-order valence-corrected chi connectivity index (χ1v) is 8.59. The van der Waals surface area contributed by atoms with Crippen LogP contribution in [0.15, 0.2) is 42.0 Å². The van der Waals surface area contributed by atoms with Crippen LogP contribution in [0.3, 0.4) is 0 Å². The van der Waals surface area contributed by atoms with Crippen LogP contribution in [0.25, 0.3) is 6.08 Å². The number of ether oxygens (including phenoxy) is 3. The first-order valence-electron chi connectivity index (χ1n) is 8.59. The van der Waals surface area contributed by atoms with Gasteiger partial charge in [-0.05, 0) is 31.2 Å². The van der Waals surface area contributed by atoms with Gasteiger partial charge in [-0.2, -0.15) is 5.26 Å². The molecular formula is C21H22N2O5. The second-order valence-electron chi connectivity index (χ2n) is 5.66. The molecule has 7 heteroatoms. The fourth-order valence-corrected chi connectivity index (χ4v) is 2.50. The number of nitriles is 1. The fraction of sp³-hybridized carbons (Fsp3) is 0.238. The summed E-state index contributed by atoms with van der Waals surface area (Å²) in [5.41, 5.74) is 0.909. The van der Waals surface area contributed by atoms with Crippen LogP contribution in [0.4, 0.5) is 0 Å². The van der Waals surface area contributed by atoms with Crippen LogP contribution < -0.4 is 19.5 Å². The third-order valence-corrected chi connectivity index (χ3v) is 3.93. The van der Waals surface area contributed by atoms with Gasteiger partial charge in [0.1, 0.15) is 23.1 Å². The zero-order chi connectivity index (χ0) is 20.5. The normalized spacial score (nSPS) is 10.7. The Morgan fingerprint density at radius 2 is 2.00 bits per heavy atom. The Morgan fingerprint density at radius 1 is 1.21 bits per heavy atom. The van der Waals surface area contributed by atoms with E-state index in [1.807, 2.05) is 6.07 Å². The van der Waals surface area contributed by atoms with Gasteiger partial charge in [-0.1, -0.05) is 12.1 Å². The lowest BCUT2D eigenvalue weighted by Gasteiger charge is -2.11. The summed E-state index contributed by atoms with van der Waals surface area (Å²) in [6.07, 6.45) is 1.32. The van der Waals surface area contributed by atoms with E-state index >= 15 is 0 Å². The number of amides is 1. The largest absolute Gasteiger partial charge is 0.504 e. The predicted molar refractivity (Wildman–Crippen MR) is 104 cm³/mol. The van der Waals surface area contributed by atoms with E-state index in [1.54, 1.807) is 50.4 Å². The molecule has 2 rings (SSSR count). The molecule has 146 valence electrons. The quantitative estimate of drug-likeness (QED) is 0.538. The number of carbonyl (C=O) groups is 1. The first kappa shape index (κ1) is 20.6. The summed E-state index contributed by atoms with van der Waals surface area (Å²) in [7, 11) is 3.07. The highest BCUT2D eigenvalue weighted by molar-refractivity contribution is 6.02. The van der Waals surface area contributed by atoms with Gasteiger partial charge in [0.2, 0.25) is 0 Å². The molecule has 1 amide bonds. The monoisotopic (exact) mass is 382 g/mol. The number of phenols is 1. The van der Waals surface area contributed by atoms with Gasteiger partial charge in [-0.15, -0.1) is 0 Å². The second-order valence-corrected chi connectivity index (χ2v) is 5.66. The molecule has 2 N–H and O–H groups in total. The summed E-state index contributed by atoms with van der Waals surface area (Å²) in [6.45, 7) is 2.34. The van der Waals surface area contributed by atoms with Crippen molar-refractivity contribution in [2.24, 2.45) is 0 Å². The summed E-state index contributed by atoms with van der Waals surface area (Å²) in [5, 5.41) is 22.3. The highest BCUT2D eigenvalue weighted by Gasteiger charge is 2.13. The molecule has 0 fully saturated rings. The van der Waals surface area contributed by atoms with Crippen molar-refractivity contribution >= 4 is 12.0 Å². The van der Waals surface area contributed by atoms with Crippen molar-refractivity contribution in [1.29, 1.82) is 5.26 Å². The number of nitrogens with zero attached hydrogens (tertiary/aromatic N) is 1. The summed E-state index contributed by atoms with van der Waals surface area (Å²) >= 11 is 0. The number of para-hydroxylation sites is 1. The number of methoxy groups -OCH3 is 2. The van der Waals surface area contributed by atoms with Gasteiger partial charge in [0.05, 0.1) is 20.8 Å². The average molecular weight is 382 g/mol. The van der Waals surface area contributed by atoms with Crippen molar-refractivity contribution in [2.75, 3.05) is 20.8 Å². The number of phenolic OH excluding ortho intramolecular Hbond substituents is 1. The molecule has 0 radical (unpaired) electrons. The van der Waals surface area contributed by atoms with Crippen molar-refractivity contribution in [3.05, 3.63) is 53.1 Å². The maximum Gasteiger partial charge on any atom is 0.262 e. The van der Waals surface area contributed by atoms with E-state index in [9.17, 15) is 15.2 Å². The van der Waals surface area contributed by atoms with Crippen molar-refractivity contribution in [2.45, 2.75) is 13.5 Å². The molecule has 28 heavy (non-hydrogen) atoms. The SMILES string of the molecule is CCOc1cccc(/C=C(\C#N)C(=O)NCc2ccc(OC)cc2OC)c1O. The number of hydrogen-bond donors (Lipinski definition) is 2. The summed E-state index contributed by atoms with van der Waals surface area (Å²) in [4.78, 5) is 12.4. The lowest BCUT2D eigenvalue weighted by Crippen LogP contribution is -2.24. The minimum atomic E-state index is -0.568. The molecule has 2 aromatic rings. The van der Waals surface area contributed by atoms with E-state index in [0.29, 0.717) is 23.7 Å². The smallest absolute Gasteiger partial charge is 0.262 e. The highest BCUT2D eigenvalue weighted by atomic mass is 16.5. The third-order valence-electron chi connectivity index (χ3n) is 3.93. The van der Waals surface area contributed by atoms with Crippen LogP contribution in [0, 0.1) is 11.3 Å². The molecule has 0 unspecified atom stereocenters. The molecule has 0 bridgehead atoms. The van der Waals surface area contributed by atoms with Crippen LogP contribution in [-0.4, -0.2) is 31.8 Å². The Labute approximate surface area is 163 Å². The van der Waals surface area contributed by atoms with Crippen LogP contribution >= 0.6 is 0 Å². The zero-order valence-corrected chi connectivity index (χ0v) is 16.0. The minimum Gasteiger partial charge on any atom is -0.504 e. The molecule has 0 spiro atoms. The van der Waals surface area contributed by atoms with Gasteiger partial charge < -0.3 is 24.6 Å². The molecule has 0 atom stereocenters. The van der Waals surface area contributed by atoms with E-state index in [-0.39, 0.29) is 23.6 Å². The summed E-state index contributed by atoms with van der Waals surface area (Å²) < 4.78 is 15.8. The molecular weight excluding hydrogens is 360 g/mol. The fourth-order valence-electron chi connectivity index (χ4n) is 2.50.